The van der Waals surface area contributed by atoms with E-state index in [1.165, 1.54) is 0 Å². The van der Waals surface area contributed by atoms with Crippen LogP contribution in [0.4, 0.5) is 11.4 Å². The van der Waals surface area contributed by atoms with Gasteiger partial charge in [-0.3, -0.25) is 9.59 Å². The highest BCUT2D eigenvalue weighted by atomic mass is 16.5. The fraction of sp³-hybridized carbons (Fsp3) is 0.185. The van der Waals surface area contributed by atoms with Crippen molar-refractivity contribution in [3.8, 4) is 5.75 Å². The normalized spacial score (nSPS) is 11.2. The third-order valence-corrected chi connectivity index (χ3v) is 4.85. The predicted molar refractivity (Wildman–Crippen MR) is 133 cm³/mol. The third-order valence-electron chi connectivity index (χ3n) is 4.85. The molecule has 170 valence electrons. The first-order valence-electron chi connectivity index (χ1n) is 10.8. The number of anilines is 2. The quantitative estimate of drug-likeness (QED) is 0.377. The van der Waals surface area contributed by atoms with Crippen LogP contribution in [0.1, 0.15) is 35.8 Å². The molecule has 2 amide bonds. The van der Waals surface area contributed by atoms with E-state index in [0.29, 0.717) is 23.6 Å². The van der Waals surface area contributed by atoms with Crippen molar-refractivity contribution in [2.75, 3.05) is 23.8 Å². The zero-order chi connectivity index (χ0) is 23.6. The standard InChI is InChI=1S/C27H29N3O3/c1-19(2)18-33-25-11-7-10-24(16-25)30-26(31)17-28-23-14-12-22(13-15-23)27(32)29-20(3)21-8-5-4-6-9-21/h4-16,20,28H,1,17-18H2,2-3H3,(H,29,32)(H,30,31). The largest absolute Gasteiger partial charge is 0.489 e. The predicted octanol–water partition coefficient (Wildman–Crippen LogP) is 5.18. The van der Waals surface area contributed by atoms with Crippen LogP contribution in [0.25, 0.3) is 0 Å². The molecular weight excluding hydrogens is 414 g/mol. The molecule has 6 nitrogen and oxygen atoms in total. The number of nitrogens with one attached hydrogen (secondary N) is 3. The molecule has 0 aromatic heterocycles. The minimum absolute atomic E-state index is 0.0907. The Morgan fingerprint density at radius 1 is 0.939 bits per heavy atom. The Morgan fingerprint density at radius 3 is 2.36 bits per heavy atom. The first-order chi connectivity index (χ1) is 15.9. The van der Waals surface area contributed by atoms with E-state index < -0.39 is 0 Å². The molecule has 0 spiro atoms. The molecule has 3 rings (SSSR count). The van der Waals surface area contributed by atoms with Gasteiger partial charge < -0.3 is 20.7 Å². The second kappa shape index (κ2) is 11.5. The van der Waals surface area contributed by atoms with Crippen molar-refractivity contribution in [3.05, 3.63) is 102 Å². The highest BCUT2D eigenvalue weighted by molar-refractivity contribution is 5.95. The van der Waals surface area contributed by atoms with E-state index >= 15 is 0 Å². The van der Waals surface area contributed by atoms with Crippen LogP contribution < -0.4 is 20.7 Å². The molecule has 3 aromatic rings. The van der Waals surface area contributed by atoms with Crippen LogP contribution in [0, 0.1) is 0 Å². The third kappa shape index (κ3) is 7.54. The number of ether oxygens (including phenoxy) is 1. The zero-order valence-corrected chi connectivity index (χ0v) is 18.9. The number of benzene rings is 3. The molecule has 0 fully saturated rings. The SMILES string of the molecule is C=C(C)COc1cccc(NC(=O)CNc2ccc(C(=O)NC(C)c3ccccc3)cc2)c1. The van der Waals surface area contributed by atoms with Gasteiger partial charge in [-0.1, -0.05) is 43.0 Å². The maximum Gasteiger partial charge on any atom is 0.251 e. The van der Waals surface area contributed by atoms with Crippen LogP contribution in [0.3, 0.4) is 0 Å². The maximum atomic E-state index is 12.5. The van der Waals surface area contributed by atoms with E-state index in [-0.39, 0.29) is 24.4 Å². The van der Waals surface area contributed by atoms with E-state index in [1.54, 1.807) is 36.4 Å². The summed E-state index contributed by atoms with van der Waals surface area (Å²) in [5.41, 5.74) is 3.92. The van der Waals surface area contributed by atoms with Gasteiger partial charge >= 0.3 is 0 Å². The Hall–Kier alpha value is -4.06. The van der Waals surface area contributed by atoms with Gasteiger partial charge in [0, 0.05) is 23.0 Å². The van der Waals surface area contributed by atoms with E-state index in [9.17, 15) is 9.59 Å². The Bertz CT molecular complexity index is 1100. The molecule has 0 aliphatic heterocycles. The number of hydrogen-bond acceptors (Lipinski definition) is 4. The van der Waals surface area contributed by atoms with Gasteiger partial charge in [0.05, 0.1) is 12.6 Å². The lowest BCUT2D eigenvalue weighted by atomic mass is 10.1. The first kappa shape index (κ1) is 23.6. The number of carbonyl (C=O) groups is 2. The van der Waals surface area contributed by atoms with E-state index in [1.807, 2.05) is 56.3 Å². The molecular formula is C27H29N3O3. The van der Waals surface area contributed by atoms with Gasteiger partial charge in [0.25, 0.3) is 5.91 Å². The summed E-state index contributed by atoms with van der Waals surface area (Å²) in [5, 5.41) is 8.90. The molecule has 0 aliphatic carbocycles. The number of amides is 2. The van der Waals surface area contributed by atoms with Gasteiger partial charge in [0.1, 0.15) is 12.4 Å². The molecule has 3 aromatic carbocycles. The monoisotopic (exact) mass is 443 g/mol. The first-order valence-corrected chi connectivity index (χ1v) is 10.8. The van der Waals surface area contributed by atoms with Crippen LogP contribution in [0.5, 0.6) is 5.75 Å². The zero-order valence-electron chi connectivity index (χ0n) is 18.9. The van der Waals surface area contributed by atoms with E-state index in [2.05, 4.69) is 22.5 Å². The van der Waals surface area contributed by atoms with Crippen molar-refractivity contribution < 1.29 is 14.3 Å². The van der Waals surface area contributed by atoms with Crippen molar-refractivity contribution in [1.82, 2.24) is 5.32 Å². The summed E-state index contributed by atoms with van der Waals surface area (Å²) in [4.78, 5) is 24.8. The van der Waals surface area contributed by atoms with Crippen molar-refractivity contribution in [1.29, 1.82) is 0 Å². The van der Waals surface area contributed by atoms with Crippen LogP contribution in [0.15, 0.2) is 91.0 Å². The summed E-state index contributed by atoms with van der Waals surface area (Å²) < 4.78 is 5.60. The van der Waals surface area contributed by atoms with Gasteiger partial charge in [0.2, 0.25) is 5.91 Å². The van der Waals surface area contributed by atoms with Crippen LogP contribution in [-0.4, -0.2) is 25.0 Å². The summed E-state index contributed by atoms with van der Waals surface area (Å²) >= 11 is 0. The van der Waals surface area contributed by atoms with Gasteiger partial charge in [0.15, 0.2) is 0 Å². The van der Waals surface area contributed by atoms with Gasteiger partial charge in [-0.05, 0) is 61.4 Å². The Kier molecular flexibility index (Phi) is 8.24. The molecule has 33 heavy (non-hydrogen) atoms. The lowest BCUT2D eigenvalue weighted by Crippen LogP contribution is -2.26. The summed E-state index contributed by atoms with van der Waals surface area (Å²) in [7, 11) is 0. The second-order valence-corrected chi connectivity index (χ2v) is 7.86. The van der Waals surface area contributed by atoms with Crippen molar-refractivity contribution >= 4 is 23.2 Å². The lowest BCUT2D eigenvalue weighted by Gasteiger charge is -2.14. The fourth-order valence-corrected chi connectivity index (χ4v) is 3.10. The molecule has 0 saturated carbocycles. The molecule has 1 unspecified atom stereocenters. The second-order valence-electron chi connectivity index (χ2n) is 7.86. The summed E-state index contributed by atoms with van der Waals surface area (Å²) in [6.07, 6.45) is 0. The molecule has 0 heterocycles. The molecule has 0 radical (unpaired) electrons. The highest BCUT2D eigenvalue weighted by Crippen LogP contribution is 2.18. The Balaban J connectivity index is 1.48. The van der Waals surface area contributed by atoms with Crippen LogP contribution >= 0.6 is 0 Å². The maximum absolute atomic E-state index is 12.5. The van der Waals surface area contributed by atoms with Crippen molar-refractivity contribution in [2.45, 2.75) is 19.9 Å². The number of hydrogen-bond donors (Lipinski definition) is 3. The molecule has 3 N–H and O–H groups in total. The molecule has 0 aliphatic rings. The van der Waals surface area contributed by atoms with Crippen LogP contribution in [-0.2, 0) is 4.79 Å². The Morgan fingerprint density at radius 2 is 1.67 bits per heavy atom. The molecule has 6 heteroatoms. The van der Waals surface area contributed by atoms with E-state index in [4.69, 9.17) is 4.74 Å². The number of rotatable bonds is 10. The summed E-state index contributed by atoms with van der Waals surface area (Å²) in [5.74, 6) is 0.328. The van der Waals surface area contributed by atoms with Crippen molar-refractivity contribution in [3.63, 3.8) is 0 Å². The molecule has 1 atom stereocenters. The van der Waals surface area contributed by atoms with Gasteiger partial charge in [-0.25, -0.2) is 0 Å². The van der Waals surface area contributed by atoms with Crippen molar-refractivity contribution in [2.24, 2.45) is 0 Å². The minimum atomic E-state index is -0.189. The van der Waals surface area contributed by atoms with E-state index in [0.717, 1.165) is 16.8 Å². The average Bonchev–Trinajstić information content (AvgIpc) is 2.82. The highest BCUT2D eigenvalue weighted by Gasteiger charge is 2.11. The summed E-state index contributed by atoms with van der Waals surface area (Å²) in [6.45, 7) is 8.17. The van der Waals surface area contributed by atoms with Gasteiger partial charge in [-0.15, -0.1) is 0 Å². The smallest absolute Gasteiger partial charge is 0.251 e. The fourth-order valence-electron chi connectivity index (χ4n) is 3.10. The number of carbonyl (C=O) groups excluding carboxylic acids is 2. The van der Waals surface area contributed by atoms with Crippen LogP contribution in [0.2, 0.25) is 0 Å². The molecule has 0 saturated heterocycles. The van der Waals surface area contributed by atoms with Gasteiger partial charge in [-0.2, -0.15) is 0 Å². The topological polar surface area (TPSA) is 79.5 Å². The Labute approximate surface area is 194 Å². The lowest BCUT2D eigenvalue weighted by molar-refractivity contribution is -0.114. The molecule has 0 bridgehead atoms. The summed E-state index contributed by atoms with van der Waals surface area (Å²) in [6, 6.07) is 23.9. The average molecular weight is 444 g/mol. The minimum Gasteiger partial charge on any atom is -0.489 e.